The number of aromatic hydroxyl groups is 1. The molecule has 0 unspecified atom stereocenters. The first-order valence-electron chi connectivity index (χ1n) is 7.50. The maximum absolute atomic E-state index is 10.7. The molecular weight excluding hydrogens is 262 g/mol. The van der Waals surface area contributed by atoms with Gasteiger partial charge in [0.15, 0.2) is 0 Å². The minimum absolute atomic E-state index is 0.133. The van der Waals surface area contributed by atoms with Crippen LogP contribution in [0.15, 0.2) is 17.3 Å². The average molecular weight is 291 g/mol. The molecule has 0 aliphatic carbocycles. The third-order valence-electron chi connectivity index (χ3n) is 3.60. The van der Waals surface area contributed by atoms with Crippen molar-refractivity contribution >= 4 is 5.71 Å². The zero-order valence-electron chi connectivity index (χ0n) is 14.7. The molecule has 0 aliphatic rings. The molecule has 0 saturated carbocycles. The molecule has 1 aromatic carbocycles. The molecule has 21 heavy (non-hydrogen) atoms. The number of hydrogen-bond donors (Lipinski definition) is 1. The molecule has 0 spiro atoms. The fourth-order valence-electron chi connectivity index (χ4n) is 2.38. The summed E-state index contributed by atoms with van der Waals surface area (Å²) in [6, 6.07) is 4.07. The van der Waals surface area contributed by atoms with Crippen molar-refractivity contribution in [2.75, 3.05) is 7.11 Å². The summed E-state index contributed by atoms with van der Waals surface area (Å²) in [5, 5.41) is 14.8. The first kappa shape index (κ1) is 17.5. The fraction of sp³-hybridized carbons (Fsp3) is 0.611. The van der Waals surface area contributed by atoms with Crippen LogP contribution in [-0.4, -0.2) is 17.9 Å². The van der Waals surface area contributed by atoms with Gasteiger partial charge >= 0.3 is 0 Å². The van der Waals surface area contributed by atoms with Crippen molar-refractivity contribution in [3.8, 4) is 5.75 Å². The molecule has 0 heterocycles. The SMILES string of the molecule is CC/C(=N\OC)c1cc(C(C)(C)C)c(O)c(C(C)(C)C)c1. The van der Waals surface area contributed by atoms with Gasteiger partial charge < -0.3 is 9.94 Å². The molecule has 1 N–H and O–H groups in total. The Kier molecular flexibility index (Phi) is 5.08. The molecule has 3 nitrogen and oxygen atoms in total. The smallest absolute Gasteiger partial charge is 0.123 e. The standard InChI is InChI=1S/C18H29NO2/c1-9-15(19-21-8)12-10-13(17(2,3)4)16(20)14(11-12)18(5,6)7/h10-11,20H,9H2,1-8H3/b19-15+. The molecule has 0 atom stereocenters. The van der Waals surface area contributed by atoms with Gasteiger partial charge in [-0.05, 0) is 29.4 Å². The molecule has 0 fully saturated rings. The van der Waals surface area contributed by atoms with Crippen LogP contribution in [0.2, 0.25) is 0 Å². The van der Waals surface area contributed by atoms with Crippen LogP contribution >= 0.6 is 0 Å². The van der Waals surface area contributed by atoms with E-state index in [-0.39, 0.29) is 10.8 Å². The lowest BCUT2D eigenvalue weighted by atomic mass is 9.78. The van der Waals surface area contributed by atoms with Crippen LogP contribution in [0, 0.1) is 0 Å². The lowest BCUT2D eigenvalue weighted by Gasteiger charge is -2.28. The maximum Gasteiger partial charge on any atom is 0.123 e. The summed E-state index contributed by atoms with van der Waals surface area (Å²) in [6.07, 6.45) is 0.784. The topological polar surface area (TPSA) is 41.8 Å². The van der Waals surface area contributed by atoms with Gasteiger partial charge in [0.25, 0.3) is 0 Å². The third-order valence-corrected chi connectivity index (χ3v) is 3.60. The molecule has 0 aromatic heterocycles. The molecule has 0 saturated heterocycles. The fourth-order valence-corrected chi connectivity index (χ4v) is 2.38. The molecule has 3 heteroatoms. The Hall–Kier alpha value is -1.51. The van der Waals surface area contributed by atoms with Gasteiger partial charge in [0, 0.05) is 16.7 Å². The molecular formula is C18H29NO2. The van der Waals surface area contributed by atoms with Crippen molar-refractivity contribution in [2.45, 2.75) is 65.7 Å². The van der Waals surface area contributed by atoms with E-state index >= 15 is 0 Å². The summed E-state index contributed by atoms with van der Waals surface area (Å²) in [6.45, 7) is 14.7. The number of rotatable bonds is 3. The predicted octanol–water partition coefficient (Wildman–Crippen LogP) is 4.75. The van der Waals surface area contributed by atoms with Gasteiger partial charge in [0.1, 0.15) is 12.9 Å². The summed E-state index contributed by atoms with van der Waals surface area (Å²) < 4.78 is 0. The highest BCUT2D eigenvalue weighted by molar-refractivity contribution is 6.00. The van der Waals surface area contributed by atoms with Crippen molar-refractivity contribution in [3.05, 3.63) is 28.8 Å². The number of hydrogen-bond acceptors (Lipinski definition) is 3. The van der Waals surface area contributed by atoms with Crippen LogP contribution in [0.4, 0.5) is 0 Å². The number of benzene rings is 1. The van der Waals surface area contributed by atoms with Gasteiger partial charge in [-0.2, -0.15) is 0 Å². The molecule has 118 valence electrons. The first-order valence-corrected chi connectivity index (χ1v) is 7.50. The Morgan fingerprint density at radius 2 is 1.48 bits per heavy atom. The van der Waals surface area contributed by atoms with Crippen LogP contribution in [0.1, 0.15) is 71.6 Å². The van der Waals surface area contributed by atoms with Gasteiger partial charge in [-0.25, -0.2) is 0 Å². The van der Waals surface area contributed by atoms with E-state index in [4.69, 9.17) is 4.84 Å². The summed E-state index contributed by atoms with van der Waals surface area (Å²) in [4.78, 5) is 4.96. The molecule has 1 rings (SSSR count). The predicted molar refractivity (Wildman–Crippen MR) is 89.3 cm³/mol. The largest absolute Gasteiger partial charge is 0.507 e. The van der Waals surface area contributed by atoms with E-state index < -0.39 is 0 Å². The molecule has 0 amide bonds. The maximum atomic E-state index is 10.7. The van der Waals surface area contributed by atoms with Crippen molar-refractivity contribution in [3.63, 3.8) is 0 Å². The van der Waals surface area contributed by atoms with E-state index in [1.54, 1.807) is 7.11 Å². The van der Waals surface area contributed by atoms with Gasteiger partial charge in [-0.3, -0.25) is 0 Å². The minimum Gasteiger partial charge on any atom is -0.507 e. The quantitative estimate of drug-likeness (QED) is 0.645. The van der Waals surface area contributed by atoms with Gasteiger partial charge in [0.05, 0.1) is 5.71 Å². The summed E-state index contributed by atoms with van der Waals surface area (Å²) in [5.41, 5.74) is 3.54. The Morgan fingerprint density at radius 3 is 1.76 bits per heavy atom. The molecule has 0 bridgehead atoms. The summed E-state index contributed by atoms with van der Waals surface area (Å²) >= 11 is 0. The minimum atomic E-state index is -0.133. The highest BCUT2D eigenvalue weighted by Crippen LogP contribution is 2.40. The summed E-state index contributed by atoms with van der Waals surface area (Å²) in [5.74, 6) is 0.395. The molecule has 1 aromatic rings. The van der Waals surface area contributed by atoms with Gasteiger partial charge in [-0.15, -0.1) is 0 Å². The Balaban J connectivity index is 3.66. The zero-order valence-corrected chi connectivity index (χ0v) is 14.7. The second-order valence-corrected chi connectivity index (χ2v) is 7.49. The monoisotopic (exact) mass is 291 g/mol. The van der Waals surface area contributed by atoms with Gasteiger partial charge in [-0.1, -0.05) is 53.6 Å². The van der Waals surface area contributed by atoms with Crippen LogP contribution in [0.3, 0.4) is 0 Å². The van der Waals surface area contributed by atoms with Crippen molar-refractivity contribution < 1.29 is 9.94 Å². The van der Waals surface area contributed by atoms with Crippen LogP contribution in [0.5, 0.6) is 5.75 Å². The van der Waals surface area contributed by atoms with Gasteiger partial charge in [0.2, 0.25) is 0 Å². The normalized spacial score (nSPS) is 13.4. The number of oxime groups is 1. The van der Waals surface area contributed by atoms with E-state index in [9.17, 15) is 5.11 Å². The van der Waals surface area contributed by atoms with E-state index in [0.29, 0.717) is 5.75 Å². The molecule has 0 aliphatic heterocycles. The van der Waals surface area contributed by atoms with Crippen LogP contribution in [0.25, 0.3) is 0 Å². The average Bonchev–Trinajstić information content (AvgIpc) is 2.33. The van der Waals surface area contributed by atoms with Crippen LogP contribution < -0.4 is 0 Å². The Morgan fingerprint density at radius 1 is 1.05 bits per heavy atom. The molecule has 0 radical (unpaired) electrons. The Labute approximate surface area is 129 Å². The highest BCUT2D eigenvalue weighted by atomic mass is 16.6. The zero-order chi connectivity index (χ0) is 16.4. The number of phenolic OH excluding ortho intramolecular Hbond substituents is 1. The van der Waals surface area contributed by atoms with Crippen LogP contribution in [-0.2, 0) is 15.7 Å². The van der Waals surface area contributed by atoms with E-state index in [1.807, 2.05) is 12.1 Å². The summed E-state index contributed by atoms with van der Waals surface area (Å²) in [7, 11) is 1.56. The number of phenols is 1. The second-order valence-electron chi connectivity index (χ2n) is 7.49. The second kappa shape index (κ2) is 6.08. The number of nitrogens with zero attached hydrogens (tertiary/aromatic N) is 1. The van der Waals surface area contributed by atoms with E-state index in [0.717, 1.165) is 28.8 Å². The lowest BCUT2D eigenvalue weighted by Crippen LogP contribution is -2.19. The van der Waals surface area contributed by atoms with Crippen molar-refractivity contribution in [1.82, 2.24) is 0 Å². The highest BCUT2D eigenvalue weighted by Gasteiger charge is 2.27. The van der Waals surface area contributed by atoms with E-state index in [1.165, 1.54) is 0 Å². The van der Waals surface area contributed by atoms with Crippen molar-refractivity contribution in [1.29, 1.82) is 0 Å². The first-order chi connectivity index (χ1) is 9.52. The third kappa shape index (κ3) is 3.99. The van der Waals surface area contributed by atoms with E-state index in [2.05, 4.69) is 53.6 Å². The Bertz CT molecular complexity index is 496. The lowest BCUT2D eigenvalue weighted by molar-refractivity contribution is 0.213. The van der Waals surface area contributed by atoms with Crippen molar-refractivity contribution in [2.24, 2.45) is 5.16 Å².